The number of nitrogens with one attached hydrogen (secondary N) is 1. The highest BCUT2D eigenvalue weighted by Crippen LogP contribution is 2.36. The Bertz CT molecular complexity index is 985. The van der Waals surface area contributed by atoms with Gasteiger partial charge in [0.1, 0.15) is 11.4 Å². The lowest BCUT2D eigenvalue weighted by atomic mass is 9.96. The van der Waals surface area contributed by atoms with E-state index in [0.717, 1.165) is 11.3 Å². The fourth-order valence-electron chi connectivity index (χ4n) is 3.02. The molecule has 0 heterocycles. The number of nitrogens with zero attached hydrogens (tertiary/aromatic N) is 1. The molecule has 0 bridgehead atoms. The van der Waals surface area contributed by atoms with Crippen molar-refractivity contribution in [3.63, 3.8) is 0 Å². The van der Waals surface area contributed by atoms with Gasteiger partial charge in [-0.1, -0.05) is 18.7 Å². The van der Waals surface area contributed by atoms with Gasteiger partial charge in [0.15, 0.2) is 0 Å². The molecule has 31 heavy (non-hydrogen) atoms. The number of alkyl halides is 3. The van der Waals surface area contributed by atoms with E-state index in [9.17, 15) is 22.8 Å². The summed E-state index contributed by atoms with van der Waals surface area (Å²) in [6.07, 6.45) is -4.79. The molecule has 2 aromatic rings. The molecular weight excluding hydrogens is 413 g/mol. The predicted octanol–water partition coefficient (Wildman–Crippen LogP) is 4.43. The van der Waals surface area contributed by atoms with E-state index in [4.69, 9.17) is 0 Å². The molecule has 0 aliphatic rings. The zero-order valence-electron chi connectivity index (χ0n) is 17.6. The lowest BCUT2D eigenvalue weighted by molar-refractivity contribution is -0.274. The monoisotopic (exact) mass is 436 g/mol. The van der Waals surface area contributed by atoms with Gasteiger partial charge < -0.3 is 19.7 Å². The van der Waals surface area contributed by atoms with E-state index in [1.54, 1.807) is 12.1 Å². The molecule has 0 aliphatic carbocycles. The number of aryl methyl sites for hydroxylation is 1. The Morgan fingerprint density at radius 1 is 1.16 bits per heavy atom. The molecule has 9 heteroatoms. The molecule has 166 valence electrons. The van der Waals surface area contributed by atoms with Crippen molar-refractivity contribution in [1.29, 1.82) is 0 Å². The van der Waals surface area contributed by atoms with Gasteiger partial charge in [0.25, 0.3) is 5.91 Å². The van der Waals surface area contributed by atoms with E-state index in [1.807, 2.05) is 25.8 Å². The number of carbonyl (C=O) groups is 2. The van der Waals surface area contributed by atoms with Gasteiger partial charge in [-0.2, -0.15) is 0 Å². The molecule has 2 rings (SSSR count). The minimum absolute atomic E-state index is 0.213. The van der Waals surface area contributed by atoms with Gasteiger partial charge >= 0.3 is 12.3 Å². The molecule has 0 radical (unpaired) electrons. The van der Waals surface area contributed by atoms with Crippen molar-refractivity contribution in [1.82, 2.24) is 5.32 Å². The lowest BCUT2D eigenvalue weighted by Crippen LogP contribution is -2.27. The molecular formula is C22H23F3N2O4. The maximum Gasteiger partial charge on any atom is 0.573 e. The zero-order valence-corrected chi connectivity index (χ0v) is 17.6. The molecule has 1 amide bonds. The van der Waals surface area contributed by atoms with Crippen LogP contribution in [0.15, 0.2) is 48.7 Å². The number of amides is 1. The second-order valence-corrected chi connectivity index (χ2v) is 6.70. The highest BCUT2D eigenvalue weighted by atomic mass is 19.4. The normalized spacial score (nSPS) is 10.9. The van der Waals surface area contributed by atoms with Crippen molar-refractivity contribution in [3.8, 4) is 16.9 Å². The van der Waals surface area contributed by atoms with Crippen LogP contribution < -0.4 is 15.0 Å². The third-order valence-corrected chi connectivity index (χ3v) is 4.51. The fourth-order valence-corrected chi connectivity index (χ4v) is 3.02. The van der Waals surface area contributed by atoms with E-state index in [2.05, 4.69) is 21.4 Å². The average molecular weight is 436 g/mol. The molecule has 0 saturated heterocycles. The summed E-state index contributed by atoms with van der Waals surface area (Å²) >= 11 is 0. The van der Waals surface area contributed by atoms with E-state index in [1.165, 1.54) is 31.4 Å². The first kappa shape index (κ1) is 23.8. The number of esters is 1. The Morgan fingerprint density at radius 2 is 1.77 bits per heavy atom. The molecule has 2 aromatic carbocycles. The smallest absolute Gasteiger partial charge is 0.464 e. The van der Waals surface area contributed by atoms with Crippen LogP contribution in [-0.4, -0.2) is 38.9 Å². The second-order valence-electron chi connectivity index (χ2n) is 6.70. The largest absolute Gasteiger partial charge is 0.573 e. The van der Waals surface area contributed by atoms with Crippen LogP contribution in [0, 0.1) is 6.92 Å². The number of anilines is 1. The minimum atomic E-state index is -4.79. The summed E-state index contributed by atoms with van der Waals surface area (Å²) in [6, 6.07) is 8.65. The van der Waals surface area contributed by atoms with Crippen LogP contribution in [0.1, 0.15) is 22.8 Å². The summed E-state index contributed by atoms with van der Waals surface area (Å²) in [4.78, 5) is 26.1. The first-order valence-corrected chi connectivity index (χ1v) is 9.27. The number of rotatable bonds is 7. The van der Waals surface area contributed by atoms with Crippen molar-refractivity contribution in [2.45, 2.75) is 20.2 Å². The summed E-state index contributed by atoms with van der Waals surface area (Å²) in [7, 11) is 3.04. The van der Waals surface area contributed by atoms with E-state index in [0.29, 0.717) is 17.7 Å². The molecule has 1 N–H and O–H groups in total. The zero-order chi connectivity index (χ0) is 23.3. The number of methoxy groups -OCH3 is 1. The van der Waals surface area contributed by atoms with E-state index in [-0.39, 0.29) is 17.0 Å². The van der Waals surface area contributed by atoms with Gasteiger partial charge in [-0.3, -0.25) is 4.79 Å². The van der Waals surface area contributed by atoms with Crippen molar-refractivity contribution in [2.24, 2.45) is 0 Å². The van der Waals surface area contributed by atoms with Crippen LogP contribution >= 0.6 is 0 Å². The van der Waals surface area contributed by atoms with Crippen LogP contribution in [0.4, 0.5) is 18.9 Å². The maximum absolute atomic E-state index is 12.6. The predicted molar refractivity (Wildman–Crippen MR) is 111 cm³/mol. The minimum Gasteiger partial charge on any atom is -0.464 e. The molecule has 6 nitrogen and oxygen atoms in total. The topological polar surface area (TPSA) is 67.9 Å². The summed E-state index contributed by atoms with van der Waals surface area (Å²) in [5, 5.41) is 2.38. The van der Waals surface area contributed by atoms with E-state index >= 15 is 0 Å². The number of carbonyl (C=O) groups excluding carboxylic acids is 2. The highest BCUT2D eigenvalue weighted by Gasteiger charge is 2.31. The molecule has 0 aromatic heterocycles. The third kappa shape index (κ3) is 6.00. The Kier molecular flexibility index (Phi) is 7.32. The second kappa shape index (κ2) is 9.55. The molecule has 0 aliphatic heterocycles. The Balaban J connectivity index is 2.50. The third-order valence-electron chi connectivity index (χ3n) is 4.51. The van der Waals surface area contributed by atoms with Gasteiger partial charge in [-0.15, -0.1) is 13.2 Å². The molecule has 0 unspecified atom stereocenters. The van der Waals surface area contributed by atoms with Crippen molar-refractivity contribution in [3.05, 3.63) is 59.8 Å². The SMILES string of the molecule is C=C(NC(=O)c1cc(C)c(N(C)CC)c(-c2ccc(OC(F)(F)F)cc2)c1)C(=O)OC. The number of hydrogen-bond donors (Lipinski definition) is 1. The van der Waals surface area contributed by atoms with Gasteiger partial charge in [-0.05, 0) is 49.2 Å². The summed E-state index contributed by atoms with van der Waals surface area (Å²) in [5.41, 5.74) is 2.85. The van der Waals surface area contributed by atoms with Crippen molar-refractivity contribution in [2.75, 3.05) is 25.6 Å². The molecule has 0 atom stereocenters. The van der Waals surface area contributed by atoms with Gasteiger partial charge in [0.05, 0.1) is 7.11 Å². The van der Waals surface area contributed by atoms with Crippen molar-refractivity contribution >= 4 is 17.6 Å². The summed E-state index contributed by atoms with van der Waals surface area (Å²) in [5.74, 6) is -1.68. The van der Waals surface area contributed by atoms with Crippen LogP contribution in [0.3, 0.4) is 0 Å². The first-order valence-electron chi connectivity index (χ1n) is 9.27. The Hall–Kier alpha value is -3.49. The van der Waals surface area contributed by atoms with Gasteiger partial charge in [-0.25, -0.2) is 4.79 Å². The number of benzene rings is 2. The molecule has 0 fully saturated rings. The summed E-state index contributed by atoms with van der Waals surface area (Å²) in [6.45, 7) is 7.90. The van der Waals surface area contributed by atoms with Crippen LogP contribution in [0.5, 0.6) is 5.75 Å². The highest BCUT2D eigenvalue weighted by molar-refractivity contribution is 6.02. The van der Waals surface area contributed by atoms with Crippen LogP contribution in [-0.2, 0) is 9.53 Å². The van der Waals surface area contributed by atoms with E-state index < -0.39 is 18.2 Å². The Morgan fingerprint density at radius 3 is 2.29 bits per heavy atom. The molecule has 0 saturated carbocycles. The van der Waals surface area contributed by atoms with Gasteiger partial charge in [0.2, 0.25) is 0 Å². The maximum atomic E-state index is 12.6. The number of ether oxygens (including phenoxy) is 2. The lowest BCUT2D eigenvalue weighted by Gasteiger charge is -2.24. The molecule has 0 spiro atoms. The van der Waals surface area contributed by atoms with Gasteiger partial charge in [0, 0.05) is 30.4 Å². The quantitative estimate of drug-likeness (QED) is 0.514. The van der Waals surface area contributed by atoms with Crippen LogP contribution in [0.2, 0.25) is 0 Å². The average Bonchev–Trinajstić information content (AvgIpc) is 2.71. The number of halogens is 3. The number of hydrogen-bond acceptors (Lipinski definition) is 5. The van der Waals surface area contributed by atoms with Crippen LogP contribution in [0.25, 0.3) is 11.1 Å². The standard InChI is InChI=1S/C22H23F3N2O4/c1-6-27(4)19-13(2)11-16(20(28)26-14(3)21(29)30-5)12-18(19)15-7-9-17(10-8-15)31-22(23,24)25/h7-12H,3,6H2,1-2,4-5H3,(H,26,28). The fraction of sp³-hybridized carbons (Fsp3) is 0.273. The summed E-state index contributed by atoms with van der Waals surface area (Å²) < 4.78 is 45.8. The van der Waals surface area contributed by atoms with Crippen molar-refractivity contribution < 1.29 is 32.2 Å². The first-order chi connectivity index (χ1) is 14.5. The Labute approximate surface area is 178 Å².